The van der Waals surface area contributed by atoms with Crippen LogP contribution >= 0.6 is 0 Å². The highest BCUT2D eigenvalue weighted by Gasteiger charge is 2.46. The van der Waals surface area contributed by atoms with E-state index in [1.54, 1.807) is 55.7 Å². The standard InChI is InChI=1S/C30H32N2O6/c1-5-37-25-14-21(8-11-24(25)33)27-26(29(35)30(36)32(27)16-20-7-6-12-31-15-20)28(34)23-10-9-22(13-19(23)4)38-17-18(2)3/h6-15,18,27,33-34H,5,16-17H2,1-4H3/t27-/m1/s1. The zero-order valence-corrected chi connectivity index (χ0v) is 22.0. The predicted octanol–water partition coefficient (Wildman–Crippen LogP) is 5.15. The van der Waals surface area contributed by atoms with Gasteiger partial charge in [-0.3, -0.25) is 14.6 Å². The molecule has 0 aliphatic carbocycles. The van der Waals surface area contributed by atoms with Gasteiger partial charge in [-0.15, -0.1) is 0 Å². The van der Waals surface area contributed by atoms with Gasteiger partial charge in [-0.2, -0.15) is 0 Å². The van der Waals surface area contributed by atoms with Gasteiger partial charge >= 0.3 is 0 Å². The summed E-state index contributed by atoms with van der Waals surface area (Å²) in [6.07, 6.45) is 3.25. The van der Waals surface area contributed by atoms with Gasteiger partial charge in [0.25, 0.3) is 11.7 Å². The van der Waals surface area contributed by atoms with Crippen LogP contribution in [0.2, 0.25) is 0 Å². The number of benzene rings is 2. The number of phenolic OH excluding ortho intramolecular Hbond substituents is 1. The number of ether oxygens (including phenoxy) is 2. The monoisotopic (exact) mass is 516 g/mol. The molecule has 0 saturated carbocycles. The largest absolute Gasteiger partial charge is 0.507 e. The number of hydrogen-bond donors (Lipinski definition) is 2. The van der Waals surface area contributed by atoms with E-state index in [0.29, 0.717) is 41.6 Å². The van der Waals surface area contributed by atoms with Gasteiger partial charge in [0, 0.05) is 24.5 Å². The molecule has 1 aromatic heterocycles. The fourth-order valence-corrected chi connectivity index (χ4v) is 4.45. The molecule has 0 unspecified atom stereocenters. The summed E-state index contributed by atoms with van der Waals surface area (Å²) in [6, 6.07) is 12.5. The van der Waals surface area contributed by atoms with Gasteiger partial charge in [0.05, 0.1) is 24.8 Å². The molecule has 2 N–H and O–H groups in total. The number of carbonyl (C=O) groups excluding carboxylic acids is 2. The van der Waals surface area contributed by atoms with E-state index in [4.69, 9.17) is 9.47 Å². The lowest BCUT2D eigenvalue weighted by Crippen LogP contribution is -2.29. The highest BCUT2D eigenvalue weighted by molar-refractivity contribution is 6.46. The molecule has 1 aliphatic heterocycles. The van der Waals surface area contributed by atoms with Crippen LogP contribution < -0.4 is 9.47 Å². The van der Waals surface area contributed by atoms with Crippen LogP contribution in [0, 0.1) is 12.8 Å². The lowest BCUT2D eigenvalue weighted by Gasteiger charge is -2.26. The Morgan fingerprint density at radius 2 is 1.89 bits per heavy atom. The third-order valence-electron chi connectivity index (χ3n) is 6.25. The fourth-order valence-electron chi connectivity index (χ4n) is 4.45. The topological polar surface area (TPSA) is 109 Å². The van der Waals surface area contributed by atoms with Crippen molar-refractivity contribution in [2.75, 3.05) is 13.2 Å². The molecule has 1 aliphatic rings. The quantitative estimate of drug-likeness (QED) is 0.230. The van der Waals surface area contributed by atoms with Crippen LogP contribution in [-0.2, 0) is 16.1 Å². The third kappa shape index (κ3) is 5.49. The molecule has 0 radical (unpaired) electrons. The maximum absolute atomic E-state index is 13.4. The van der Waals surface area contributed by atoms with Gasteiger partial charge < -0.3 is 24.6 Å². The summed E-state index contributed by atoms with van der Waals surface area (Å²) in [5.74, 6) is -0.636. The zero-order valence-electron chi connectivity index (χ0n) is 22.0. The van der Waals surface area contributed by atoms with E-state index in [-0.39, 0.29) is 29.4 Å². The molecular weight excluding hydrogens is 484 g/mol. The number of hydrogen-bond acceptors (Lipinski definition) is 7. The first kappa shape index (κ1) is 26.7. The average molecular weight is 517 g/mol. The Hall–Kier alpha value is -4.33. The lowest BCUT2D eigenvalue weighted by atomic mass is 9.93. The normalized spacial score (nSPS) is 16.8. The third-order valence-corrected chi connectivity index (χ3v) is 6.25. The number of amides is 1. The van der Waals surface area contributed by atoms with E-state index >= 15 is 0 Å². The average Bonchev–Trinajstić information content (AvgIpc) is 3.14. The minimum atomic E-state index is -0.911. The van der Waals surface area contributed by atoms with E-state index in [0.717, 1.165) is 5.56 Å². The van der Waals surface area contributed by atoms with Crippen molar-refractivity contribution in [1.82, 2.24) is 9.88 Å². The van der Waals surface area contributed by atoms with Crippen LogP contribution in [0.5, 0.6) is 17.2 Å². The molecule has 0 bridgehead atoms. The van der Waals surface area contributed by atoms with E-state index in [2.05, 4.69) is 18.8 Å². The second kappa shape index (κ2) is 11.4. The minimum absolute atomic E-state index is 0.0361. The second-order valence-corrected chi connectivity index (χ2v) is 9.63. The minimum Gasteiger partial charge on any atom is -0.507 e. The number of likely N-dealkylation sites (tertiary alicyclic amines) is 1. The summed E-state index contributed by atoms with van der Waals surface area (Å²) in [6.45, 7) is 8.68. The maximum atomic E-state index is 13.4. The number of aryl methyl sites for hydroxylation is 1. The number of aromatic nitrogens is 1. The number of rotatable bonds is 9. The van der Waals surface area contributed by atoms with E-state index in [1.165, 1.54) is 11.0 Å². The molecule has 3 aromatic rings. The highest BCUT2D eigenvalue weighted by atomic mass is 16.5. The summed E-state index contributed by atoms with van der Waals surface area (Å²) in [7, 11) is 0. The Morgan fingerprint density at radius 3 is 2.55 bits per heavy atom. The number of ketones is 1. The number of carbonyl (C=O) groups is 2. The number of phenols is 1. The van der Waals surface area contributed by atoms with Gasteiger partial charge in [0.1, 0.15) is 11.5 Å². The van der Waals surface area contributed by atoms with Crippen LogP contribution in [0.1, 0.15) is 49.1 Å². The highest BCUT2D eigenvalue weighted by Crippen LogP contribution is 2.43. The number of Topliss-reactive ketones (excluding diaryl/α,β-unsaturated/α-hetero) is 1. The first-order valence-corrected chi connectivity index (χ1v) is 12.6. The van der Waals surface area contributed by atoms with Crippen molar-refractivity contribution in [1.29, 1.82) is 0 Å². The first-order valence-electron chi connectivity index (χ1n) is 12.6. The summed E-state index contributed by atoms with van der Waals surface area (Å²) in [4.78, 5) is 32.2. The number of nitrogens with zero attached hydrogens (tertiary/aromatic N) is 2. The van der Waals surface area contributed by atoms with Crippen molar-refractivity contribution in [3.05, 3.63) is 88.8 Å². The zero-order chi connectivity index (χ0) is 27.4. The number of aromatic hydroxyl groups is 1. The molecule has 38 heavy (non-hydrogen) atoms. The van der Waals surface area contributed by atoms with Gasteiger partial charge in [-0.25, -0.2) is 0 Å². The van der Waals surface area contributed by atoms with Crippen LogP contribution in [0.25, 0.3) is 5.76 Å². The van der Waals surface area contributed by atoms with E-state index in [1.807, 2.05) is 13.0 Å². The Labute approximate surface area is 222 Å². The molecular formula is C30H32N2O6. The Morgan fingerprint density at radius 1 is 1.11 bits per heavy atom. The molecule has 1 saturated heterocycles. The van der Waals surface area contributed by atoms with Crippen molar-refractivity contribution in [3.63, 3.8) is 0 Å². The molecule has 8 heteroatoms. The molecule has 1 amide bonds. The molecule has 2 aromatic carbocycles. The van der Waals surface area contributed by atoms with E-state index < -0.39 is 17.7 Å². The van der Waals surface area contributed by atoms with Crippen LogP contribution in [0.3, 0.4) is 0 Å². The number of aliphatic hydroxyl groups is 1. The van der Waals surface area contributed by atoms with Gasteiger partial charge in [-0.1, -0.05) is 26.0 Å². The molecule has 1 atom stereocenters. The van der Waals surface area contributed by atoms with Crippen LogP contribution in [-0.4, -0.2) is 45.0 Å². The first-order chi connectivity index (χ1) is 18.2. The maximum Gasteiger partial charge on any atom is 0.295 e. The molecule has 0 spiro atoms. The summed E-state index contributed by atoms with van der Waals surface area (Å²) in [5, 5.41) is 21.7. The number of aliphatic hydroxyl groups excluding tert-OH is 1. The number of pyridine rings is 1. The predicted molar refractivity (Wildman–Crippen MR) is 143 cm³/mol. The van der Waals surface area contributed by atoms with Crippen molar-refractivity contribution < 1.29 is 29.3 Å². The molecule has 8 nitrogen and oxygen atoms in total. The van der Waals surface area contributed by atoms with Crippen molar-refractivity contribution >= 4 is 17.4 Å². The molecule has 2 heterocycles. The molecule has 1 fully saturated rings. The molecule has 4 rings (SSSR count). The van der Waals surface area contributed by atoms with Crippen molar-refractivity contribution in [2.45, 2.75) is 40.3 Å². The van der Waals surface area contributed by atoms with Crippen molar-refractivity contribution in [3.8, 4) is 17.2 Å². The van der Waals surface area contributed by atoms with Crippen molar-refractivity contribution in [2.24, 2.45) is 5.92 Å². The summed E-state index contributed by atoms with van der Waals surface area (Å²) < 4.78 is 11.4. The Balaban J connectivity index is 1.83. The summed E-state index contributed by atoms with van der Waals surface area (Å²) in [5.41, 5.74) is 2.33. The summed E-state index contributed by atoms with van der Waals surface area (Å²) >= 11 is 0. The Bertz CT molecular complexity index is 1370. The molecule has 198 valence electrons. The van der Waals surface area contributed by atoms with E-state index in [9.17, 15) is 19.8 Å². The lowest BCUT2D eigenvalue weighted by molar-refractivity contribution is -0.140. The van der Waals surface area contributed by atoms with Gasteiger partial charge in [-0.05, 0) is 72.9 Å². The van der Waals surface area contributed by atoms with Gasteiger partial charge in [0.15, 0.2) is 11.5 Å². The van der Waals surface area contributed by atoms with Gasteiger partial charge in [0.2, 0.25) is 0 Å². The van der Waals surface area contributed by atoms with Crippen LogP contribution in [0.15, 0.2) is 66.5 Å². The van der Waals surface area contributed by atoms with Crippen LogP contribution in [0.4, 0.5) is 0 Å². The smallest absolute Gasteiger partial charge is 0.295 e. The fraction of sp³-hybridized carbons (Fsp3) is 0.300. The SMILES string of the molecule is CCOc1cc([C@@H]2C(=C(O)c3ccc(OCC(C)C)cc3C)C(=O)C(=O)N2Cc2cccnc2)ccc1O. The second-order valence-electron chi connectivity index (χ2n) is 9.63. The Kier molecular flexibility index (Phi) is 8.00.